The van der Waals surface area contributed by atoms with Crippen LogP contribution in [-0.4, -0.2) is 18.0 Å². The highest BCUT2D eigenvalue weighted by atomic mass is 35.5. The third-order valence-electron chi connectivity index (χ3n) is 2.48. The molecule has 0 aliphatic rings. The molecule has 19 heavy (non-hydrogen) atoms. The van der Waals surface area contributed by atoms with Crippen LogP contribution in [0.25, 0.3) is 0 Å². The fourth-order valence-electron chi connectivity index (χ4n) is 1.61. The Balaban J connectivity index is 2.01. The molecule has 0 spiro atoms. The quantitative estimate of drug-likeness (QED) is 0.863. The number of aromatic nitrogens is 1. The summed E-state index contributed by atoms with van der Waals surface area (Å²) in [5, 5.41) is 5.14. The Bertz CT molecular complexity index is 571. The zero-order valence-electron chi connectivity index (χ0n) is 10.4. The lowest BCUT2D eigenvalue weighted by atomic mass is 10.1. The Morgan fingerprint density at radius 1 is 1.47 bits per heavy atom. The zero-order valence-corrected chi connectivity index (χ0v) is 11.9. The summed E-state index contributed by atoms with van der Waals surface area (Å²) in [6.07, 6.45) is 0.250. The molecule has 0 aliphatic carbocycles. The summed E-state index contributed by atoms with van der Waals surface area (Å²) in [7, 11) is 1.59. The molecular weight excluding hydrogens is 284 g/mol. The second kappa shape index (κ2) is 6.54. The summed E-state index contributed by atoms with van der Waals surface area (Å²) in [6, 6.07) is 7.44. The number of carbonyl (C=O) groups excluding carboxylic acids is 1. The van der Waals surface area contributed by atoms with Crippen LogP contribution in [0.2, 0.25) is 0 Å². The summed E-state index contributed by atoms with van der Waals surface area (Å²) < 4.78 is 5.21. The molecule has 6 heteroatoms. The number of para-hydroxylation sites is 1. The third-order valence-corrected chi connectivity index (χ3v) is 3.56. The molecule has 1 N–H and O–H groups in total. The molecule has 0 aliphatic heterocycles. The smallest absolute Gasteiger partial charge is 0.230 e. The van der Waals surface area contributed by atoms with Gasteiger partial charge in [0.05, 0.1) is 25.1 Å². The van der Waals surface area contributed by atoms with E-state index in [2.05, 4.69) is 10.3 Å². The van der Waals surface area contributed by atoms with Crippen molar-refractivity contribution in [2.24, 2.45) is 0 Å². The number of alkyl halides is 1. The first kappa shape index (κ1) is 13.8. The number of ether oxygens (including phenoxy) is 1. The lowest BCUT2D eigenvalue weighted by Gasteiger charge is -2.07. The number of hydrogen-bond donors (Lipinski definition) is 1. The minimum absolute atomic E-state index is 0.125. The minimum atomic E-state index is -0.125. The molecule has 1 aromatic heterocycles. The zero-order chi connectivity index (χ0) is 13.7. The van der Waals surface area contributed by atoms with Gasteiger partial charge in [0, 0.05) is 10.9 Å². The standard InChI is InChI=1S/C13H13ClN2O2S/c1-18-11-5-3-2-4-9(11)6-12(17)16-13-15-10(7-14)8-19-13/h2-5,8H,6-7H2,1H3,(H,15,16,17). The van der Waals surface area contributed by atoms with Crippen LogP contribution < -0.4 is 10.1 Å². The van der Waals surface area contributed by atoms with Crippen molar-refractivity contribution in [3.63, 3.8) is 0 Å². The predicted molar refractivity (Wildman–Crippen MR) is 77.0 cm³/mol. The Morgan fingerprint density at radius 2 is 2.26 bits per heavy atom. The van der Waals surface area contributed by atoms with E-state index >= 15 is 0 Å². The van der Waals surface area contributed by atoms with Gasteiger partial charge in [-0.3, -0.25) is 4.79 Å². The SMILES string of the molecule is COc1ccccc1CC(=O)Nc1nc(CCl)cs1. The number of nitrogens with one attached hydrogen (secondary N) is 1. The first-order chi connectivity index (χ1) is 9.22. The second-order valence-electron chi connectivity index (χ2n) is 3.81. The van der Waals surface area contributed by atoms with Crippen LogP contribution in [0.5, 0.6) is 5.75 Å². The van der Waals surface area contributed by atoms with Crippen molar-refractivity contribution < 1.29 is 9.53 Å². The monoisotopic (exact) mass is 296 g/mol. The van der Waals surface area contributed by atoms with Gasteiger partial charge in [0.25, 0.3) is 0 Å². The van der Waals surface area contributed by atoms with Crippen molar-refractivity contribution in [1.82, 2.24) is 4.98 Å². The highest BCUT2D eigenvalue weighted by Gasteiger charge is 2.10. The number of halogens is 1. The predicted octanol–water partition coefficient (Wildman–Crippen LogP) is 3.07. The number of benzene rings is 1. The van der Waals surface area contributed by atoms with E-state index in [-0.39, 0.29) is 12.3 Å². The first-order valence-corrected chi connectivity index (χ1v) is 7.06. The van der Waals surface area contributed by atoms with Gasteiger partial charge >= 0.3 is 0 Å². The number of rotatable bonds is 5. The number of anilines is 1. The van der Waals surface area contributed by atoms with Crippen LogP contribution in [0.3, 0.4) is 0 Å². The highest BCUT2D eigenvalue weighted by molar-refractivity contribution is 7.13. The van der Waals surface area contributed by atoms with Gasteiger partial charge < -0.3 is 10.1 Å². The summed E-state index contributed by atoms with van der Waals surface area (Å²) in [5.74, 6) is 0.928. The van der Waals surface area contributed by atoms with Crippen LogP contribution in [0.1, 0.15) is 11.3 Å². The topological polar surface area (TPSA) is 51.2 Å². The van der Waals surface area contributed by atoms with Gasteiger partial charge in [-0.25, -0.2) is 4.98 Å². The van der Waals surface area contributed by atoms with Gasteiger partial charge in [0.2, 0.25) is 5.91 Å². The normalized spacial score (nSPS) is 10.2. The molecular formula is C13H13ClN2O2S. The summed E-state index contributed by atoms with van der Waals surface area (Å²) in [5.41, 5.74) is 1.61. The molecule has 0 fully saturated rings. The van der Waals surface area contributed by atoms with Gasteiger partial charge in [-0.1, -0.05) is 18.2 Å². The lowest BCUT2D eigenvalue weighted by Crippen LogP contribution is -2.14. The Hall–Kier alpha value is -1.59. The van der Waals surface area contributed by atoms with Crippen molar-refractivity contribution in [1.29, 1.82) is 0 Å². The molecule has 1 heterocycles. The Morgan fingerprint density at radius 3 is 2.95 bits per heavy atom. The van der Waals surface area contributed by atoms with Crippen LogP contribution in [0.4, 0.5) is 5.13 Å². The van der Waals surface area contributed by atoms with E-state index in [0.29, 0.717) is 16.8 Å². The average molecular weight is 297 g/mol. The van der Waals surface area contributed by atoms with E-state index in [1.165, 1.54) is 11.3 Å². The number of nitrogens with zero attached hydrogens (tertiary/aromatic N) is 1. The fraction of sp³-hybridized carbons (Fsp3) is 0.231. The van der Waals surface area contributed by atoms with E-state index in [4.69, 9.17) is 16.3 Å². The summed E-state index contributed by atoms with van der Waals surface area (Å²) >= 11 is 7.03. The Kier molecular flexibility index (Phi) is 4.76. The third kappa shape index (κ3) is 3.68. The molecule has 2 rings (SSSR count). The maximum Gasteiger partial charge on any atom is 0.230 e. The number of hydrogen-bond acceptors (Lipinski definition) is 4. The lowest BCUT2D eigenvalue weighted by molar-refractivity contribution is -0.115. The van der Waals surface area contributed by atoms with Gasteiger partial charge in [-0.05, 0) is 6.07 Å². The Labute approximate surface area is 120 Å². The van der Waals surface area contributed by atoms with Gasteiger partial charge in [-0.15, -0.1) is 22.9 Å². The molecule has 100 valence electrons. The van der Waals surface area contributed by atoms with Crippen LogP contribution in [0.15, 0.2) is 29.6 Å². The molecule has 0 unspecified atom stereocenters. The van der Waals surface area contributed by atoms with Gasteiger partial charge in [-0.2, -0.15) is 0 Å². The second-order valence-corrected chi connectivity index (χ2v) is 4.94. The van der Waals surface area contributed by atoms with Gasteiger partial charge in [0.15, 0.2) is 5.13 Å². The number of thiazole rings is 1. The molecule has 1 aromatic carbocycles. The van der Waals surface area contributed by atoms with Crippen molar-refractivity contribution in [2.75, 3.05) is 12.4 Å². The van der Waals surface area contributed by atoms with Crippen molar-refractivity contribution >= 4 is 34.0 Å². The van der Waals surface area contributed by atoms with Crippen LogP contribution in [-0.2, 0) is 17.1 Å². The fourth-order valence-corrected chi connectivity index (χ4v) is 2.57. The minimum Gasteiger partial charge on any atom is -0.496 e. The number of amides is 1. The van der Waals surface area contributed by atoms with Crippen LogP contribution in [0, 0.1) is 0 Å². The van der Waals surface area contributed by atoms with Crippen LogP contribution >= 0.6 is 22.9 Å². The molecule has 0 radical (unpaired) electrons. The maximum atomic E-state index is 11.9. The molecule has 0 bridgehead atoms. The average Bonchev–Trinajstić information content (AvgIpc) is 2.87. The molecule has 1 amide bonds. The molecule has 4 nitrogen and oxygen atoms in total. The molecule has 0 saturated heterocycles. The van der Waals surface area contributed by atoms with Crippen molar-refractivity contribution in [3.8, 4) is 5.75 Å². The first-order valence-electron chi connectivity index (χ1n) is 5.65. The molecule has 2 aromatic rings. The van der Waals surface area contributed by atoms with E-state index in [1.54, 1.807) is 7.11 Å². The molecule has 0 atom stereocenters. The van der Waals surface area contributed by atoms with Crippen molar-refractivity contribution in [3.05, 3.63) is 40.9 Å². The largest absolute Gasteiger partial charge is 0.496 e. The van der Waals surface area contributed by atoms with Gasteiger partial charge in [0.1, 0.15) is 5.75 Å². The maximum absolute atomic E-state index is 11.9. The summed E-state index contributed by atoms with van der Waals surface area (Å²) in [4.78, 5) is 16.1. The van der Waals surface area contributed by atoms with E-state index in [1.807, 2.05) is 29.6 Å². The summed E-state index contributed by atoms with van der Waals surface area (Å²) in [6.45, 7) is 0. The van der Waals surface area contributed by atoms with E-state index in [9.17, 15) is 4.79 Å². The highest BCUT2D eigenvalue weighted by Crippen LogP contribution is 2.20. The number of carbonyl (C=O) groups is 1. The van der Waals surface area contributed by atoms with E-state index in [0.717, 1.165) is 11.3 Å². The van der Waals surface area contributed by atoms with E-state index < -0.39 is 0 Å². The molecule has 0 saturated carbocycles. The number of methoxy groups -OCH3 is 1. The van der Waals surface area contributed by atoms with Crippen molar-refractivity contribution in [2.45, 2.75) is 12.3 Å².